The first-order valence-electron chi connectivity index (χ1n) is 4.32. The van der Waals surface area contributed by atoms with E-state index in [0.29, 0.717) is 11.5 Å². The van der Waals surface area contributed by atoms with Crippen LogP contribution < -0.4 is 15.2 Å². The molecule has 1 aromatic rings. The Labute approximate surface area is 95.4 Å². The second-order valence-electron chi connectivity index (χ2n) is 2.87. The smallest absolute Gasteiger partial charge is 0.165 e. The van der Waals surface area contributed by atoms with Gasteiger partial charge in [-0.25, -0.2) is 0 Å². The van der Waals surface area contributed by atoms with E-state index >= 15 is 0 Å². The number of halogens is 1. The lowest BCUT2D eigenvalue weighted by molar-refractivity contribution is 0.263. The van der Waals surface area contributed by atoms with Crippen molar-refractivity contribution in [2.24, 2.45) is 5.73 Å². The van der Waals surface area contributed by atoms with Gasteiger partial charge in [-0.3, -0.25) is 0 Å². The first-order chi connectivity index (χ1) is 6.74. The Kier molecular flexibility index (Phi) is 6.08. The van der Waals surface area contributed by atoms with Gasteiger partial charge in [-0.1, -0.05) is 12.1 Å². The number of rotatable bonds is 4. The van der Waals surface area contributed by atoms with E-state index in [2.05, 4.69) is 0 Å². The fourth-order valence-corrected chi connectivity index (χ4v) is 1.30. The summed E-state index contributed by atoms with van der Waals surface area (Å²) in [6, 6.07) is 4.96. The van der Waals surface area contributed by atoms with Crippen LogP contribution in [-0.4, -0.2) is 25.9 Å². The topological polar surface area (TPSA) is 64.7 Å². The van der Waals surface area contributed by atoms with E-state index in [-0.39, 0.29) is 19.0 Å². The van der Waals surface area contributed by atoms with Crippen LogP contribution in [-0.2, 0) is 0 Å². The molecular weight excluding hydrogens is 218 g/mol. The van der Waals surface area contributed by atoms with Crippen molar-refractivity contribution < 1.29 is 14.6 Å². The number of hydrogen-bond acceptors (Lipinski definition) is 4. The second-order valence-corrected chi connectivity index (χ2v) is 2.87. The summed E-state index contributed by atoms with van der Waals surface area (Å²) in [5.41, 5.74) is 6.45. The highest BCUT2D eigenvalue weighted by molar-refractivity contribution is 5.85. The van der Waals surface area contributed by atoms with Gasteiger partial charge in [0.1, 0.15) is 0 Å². The highest BCUT2D eigenvalue weighted by Crippen LogP contribution is 2.33. The monoisotopic (exact) mass is 233 g/mol. The van der Waals surface area contributed by atoms with Crippen LogP contribution in [0, 0.1) is 0 Å². The summed E-state index contributed by atoms with van der Waals surface area (Å²) >= 11 is 0. The minimum Gasteiger partial charge on any atom is -0.493 e. The van der Waals surface area contributed by atoms with Crippen LogP contribution in [0.4, 0.5) is 0 Å². The lowest BCUT2D eigenvalue weighted by Crippen LogP contribution is -2.15. The molecule has 1 aromatic carbocycles. The zero-order valence-electron chi connectivity index (χ0n) is 8.77. The molecule has 0 saturated heterocycles. The third-order valence-corrected chi connectivity index (χ3v) is 2.03. The first kappa shape index (κ1) is 14.0. The van der Waals surface area contributed by atoms with Crippen molar-refractivity contribution in [2.45, 2.75) is 6.04 Å². The van der Waals surface area contributed by atoms with E-state index in [1.165, 1.54) is 0 Å². The largest absolute Gasteiger partial charge is 0.493 e. The van der Waals surface area contributed by atoms with Crippen molar-refractivity contribution >= 4 is 12.4 Å². The van der Waals surface area contributed by atoms with E-state index in [1.807, 2.05) is 12.1 Å². The summed E-state index contributed by atoms with van der Waals surface area (Å²) in [7, 11) is 3.11. The number of methoxy groups -OCH3 is 2. The Morgan fingerprint density at radius 3 is 2.47 bits per heavy atom. The lowest BCUT2D eigenvalue weighted by Gasteiger charge is -2.15. The number of aliphatic hydroxyl groups excluding tert-OH is 1. The number of aliphatic hydroxyl groups is 1. The molecule has 0 aliphatic carbocycles. The molecule has 1 atom stereocenters. The van der Waals surface area contributed by atoms with Gasteiger partial charge in [0, 0.05) is 5.56 Å². The quantitative estimate of drug-likeness (QED) is 0.818. The van der Waals surface area contributed by atoms with Crippen LogP contribution in [0.3, 0.4) is 0 Å². The summed E-state index contributed by atoms with van der Waals surface area (Å²) in [5, 5.41) is 8.95. The average molecular weight is 234 g/mol. The third kappa shape index (κ3) is 2.99. The average Bonchev–Trinajstić information content (AvgIpc) is 2.26. The molecule has 5 heteroatoms. The number of para-hydroxylation sites is 1. The number of ether oxygens (including phenoxy) is 2. The molecule has 0 aliphatic heterocycles. The third-order valence-electron chi connectivity index (χ3n) is 2.03. The van der Waals surface area contributed by atoms with E-state index in [4.69, 9.17) is 20.3 Å². The zero-order valence-corrected chi connectivity index (χ0v) is 9.58. The molecule has 0 heterocycles. The Morgan fingerprint density at radius 1 is 1.33 bits per heavy atom. The summed E-state index contributed by atoms with van der Waals surface area (Å²) < 4.78 is 10.3. The Balaban J connectivity index is 0.00000196. The predicted octanol–water partition coefficient (Wildman–Crippen LogP) is 1.12. The Hall–Kier alpha value is -0.970. The van der Waals surface area contributed by atoms with Crippen LogP contribution in [0.25, 0.3) is 0 Å². The molecule has 15 heavy (non-hydrogen) atoms. The van der Waals surface area contributed by atoms with Crippen LogP contribution in [0.2, 0.25) is 0 Å². The van der Waals surface area contributed by atoms with Crippen molar-refractivity contribution in [1.29, 1.82) is 0 Å². The van der Waals surface area contributed by atoms with Crippen LogP contribution >= 0.6 is 12.4 Å². The lowest BCUT2D eigenvalue weighted by atomic mass is 10.1. The maximum absolute atomic E-state index is 8.95. The fraction of sp³-hybridized carbons (Fsp3) is 0.400. The molecule has 0 aromatic heterocycles. The molecule has 86 valence electrons. The highest BCUT2D eigenvalue weighted by atomic mass is 35.5. The standard InChI is InChI=1S/C10H15NO3.ClH/c1-13-9-5-3-4-7(8(11)6-12)10(9)14-2;/h3-5,8,12H,6,11H2,1-2H3;1H/t8-;/m0./s1. The molecule has 3 N–H and O–H groups in total. The van der Waals surface area contributed by atoms with Gasteiger partial charge >= 0.3 is 0 Å². The van der Waals surface area contributed by atoms with E-state index in [9.17, 15) is 0 Å². The molecule has 0 saturated carbocycles. The molecule has 4 nitrogen and oxygen atoms in total. The van der Waals surface area contributed by atoms with Crippen molar-refractivity contribution in [2.75, 3.05) is 20.8 Å². The van der Waals surface area contributed by atoms with E-state index < -0.39 is 6.04 Å². The number of benzene rings is 1. The predicted molar refractivity (Wildman–Crippen MR) is 60.8 cm³/mol. The van der Waals surface area contributed by atoms with Crippen molar-refractivity contribution in [3.63, 3.8) is 0 Å². The van der Waals surface area contributed by atoms with E-state index in [0.717, 1.165) is 5.56 Å². The molecule has 0 unspecified atom stereocenters. The van der Waals surface area contributed by atoms with Gasteiger partial charge in [-0.05, 0) is 6.07 Å². The van der Waals surface area contributed by atoms with Crippen LogP contribution in [0.15, 0.2) is 18.2 Å². The van der Waals surface area contributed by atoms with Crippen molar-refractivity contribution in [3.05, 3.63) is 23.8 Å². The Bertz CT molecular complexity index is 307. The zero-order chi connectivity index (χ0) is 10.6. The van der Waals surface area contributed by atoms with Gasteiger partial charge in [-0.2, -0.15) is 0 Å². The first-order valence-corrected chi connectivity index (χ1v) is 4.32. The van der Waals surface area contributed by atoms with Gasteiger partial charge in [0.15, 0.2) is 11.5 Å². The minimum absolute atomic E-state index is 0. The maximum atomic E-state index is 8.95. The molecular formula is C10H16ClNO3. The summed E-state index contributed by atoms with van der Waals surface area (Å²) in [6.45, 7) is -0.122. The van der Waals surface area contributed by atoms with Crippen LogP contribution in [0.1, 0.15) is 11.6 Å². The number of nitrogens with two attached hydrogens (primary N) is 1. The summed E-state index contributed by atoms with van der Waals surface area (Å²) in [6.07, 6.45) is 0. The van der Waals surface area contributed by atoms with Gasteiger partial charge < -0.3 is 20.3 Å². The van der Waals surface area contributed by atoms with Crippen LogP contribution in [0.5, 0.6) is 11.5 Å². The number of hydrogen-bond donors (Lipinski definition) is 2. The molecule has 0 bridgehead atoms. The fourth-order valence-electron chi connectivity index (χ4n) is 1.30. The molecule has 0 amide bonds. The van der Waals surface area contributed by atoms with Gasteiger partial charge in [-0.15, -0.1) is 12.4 Å². The molecule has 1 rings (SSSR count). The normalized spacial score (nSPS) is 11.5. The molecule has 0 fully saturated rings. The van der Waals surface area contributed by atoms with Crippen molar-refractivity contribution in [1.82, 2.24) is 0 Å². The summed E-state index contributed by atoms with van der Waals surface area (Å²) in [5.74, 6) is 1.20. The van der Waals surface area contributed by atoms with Gasteiger partial charge in [0.05, 0.1) is 26.9 Å². The minimum atomic E-state index is -0.444. The molecule has 0 spiro atoms. The highest BCUT2D eigenvalue weighted by Gasteiger charge is 2.14. The van der Waals surface area contributed by atoms with Crippen molar-refractivity contribution in [3.8, 4) is 11.5 Å². The van der Waals surface area contributed by atoms with Gasteiger partial charge in [0.2, 0.25) is 0 Å². The van der Waals surface area contributed by atoms with Gasteiger partial charge in [0.25, 0.3) is 0 Å². The maximum Gasteiger partial charge on any atom is 0.165 e. The summed E-state index contributed by atoms with van der Waals surface area (Å²) in [4.78, 5) is 0. The second kappa shape index (κ2) is 6.50. The molecule has 0 radical (unpaired) electrons. The molecule has 0 aliphatic rings. The Morgan fingerprint density at radius 2 is 2.00 bits per heavy atom. The SMILES string of the molecule is COc1cccc([C@@H](N)CO)c1OC.Cl. The van der Waals surface area contributed by atoms with E-state index in [1.54, 1.807) is 20.3 Å².